The number of hydrogen-bond donors (Lipinski definition) is 6. The maximum absolute atomic E-state index is 14.0. The predicted molar refractivity (Wildman–Crippen MR) is 144 cm³/mol. The molecule has 11 nitrogen and oxygen atoms in total. The van der Waals surface area contributed by atoms with Crippen LogP contribution in [0.4, 0.5) is 5.69 Å². The van der Waals surface area contributed by atoms with E-state index in [4.69, 9.17) is 5.73 Å². The van der Waals surface area contributed by atoms with Crippen LogP contribution in [0.5, 0.6) is 5.75 Å². The van der Waals surface area contributed by atoms with Gasteiger partial charge in [0.15, 0.2) is 17.2 Å². The number of rotatable bonds is 7. The molecule has 1 aromatic carbocycles. The van der Waals surface area contributed by atoms with Gasteiger partial charge in [0, 0.05) is 49.4 Å². The average molecular weight is 545 g/mol. The Balaban J connectivity index is 1.89. The lowest BCUT2D eigenvalue weighted by molar-refractivity contribution is -0.178. The summed E-state index contributed by atoms with van der Waals surface area (Å²) in [5.41, 5.74) is 4.59. The van der Waals surface area contributed by atoms with Crippen LogP contribution in [0.1, 0.15) is 41.8 Å². The van der Waals surface area contributed by atoms with Gasteiger partial charge in [0.05, 0.1) is 11.7 Å². The lowest BCUT2D eigenvalue weighted by Gasteiger charge is -2.53. The zero-order valence-electron chi connectivity index (χ0n) is 23.4. The third-order valence-electron chi connectivity index (χ3n) is 8.50. The highest BCUT2D eigenvalue weighted by Gasteiger charge is 2.66. The molecule has 0 radical (unpaired) electrons. The van der Waals surface area contributed by atoms with Crippen molar-refractivity contribution in [1.82, 2.24) is 10.2 Å². The van der Waals surface area contributed by atoms with E-state index >= 15 is 0 Å². The van der Waals surface area contributed by atoms with Crippen LogP contribution in [0.15, 0.2) is 17.4 Å². The molecule has 1 amide bonds. The Bertz CT molecular complexity index is 1240. The summed E-state index contributed by atoms with van der Waals surface area (Å²) < 4.78 is 0. The van der Waals surface area contributed by atoms with Crippen LogP contribution in [-0.4, -0.2) is 95.3 Å². The Labute approximate surface area is 228 Å². The summed E-state index contributed by atoms with van der Waals surface area (Å²) in [4.78, 5) is 43.1. The van der Waals surface area contributed by atoms with Gasteiger partial charge in [-0.05, 0) is 56.9 Å². The number of nitrogens with one attached hydrogen (secondary N) is 1. The van der Waals surface area contributed by atoms with Crippen LogP contribution in [-0.2, 0) is 22.6 Å². The van der Waals surface area contributed by atoms with E-state index in [1.807, 2.05) is 25.1 Å². The lowest BCUT2D eigenvalue weighted by Crippen LogP contribution is -2.71. The van der Waals surface area contributed by atoms with Gasteiger partial charge in [0.1, 0.15) is 17.4 Å². The molecule has 39 heavy (non-hydrogen) atoms. The molecule has 4 rings (SSSR count). The molecule has 3 aliphatic carbocycles. The van der Waals surface area contributed by atoms with E-state index in [0.717, 1.165) is 5.69 Å². The number of aliphatic hydroxyl groups is 3. The smallest absolute Gasteiger partial charge is 0.230 e. The van der Waals surface area contributed by atoms with Crippen molar-refractivity contribution >= 4 is 23.2 Å². The van der Waals surface area contributed by atoms with Crippen molar-refractivity contribution in [3.63, 3.8) is 0 Å². The summed E-state index contributed by atoms with van der Waals surface area (Å²) in [7, 11) is 6.95. The zero-order valence-corrected chi connectivity index (χ0v) is 23.4. The molecule has 7 N–H and O–H groups in total. The molecular formula is C28H40N4O7. The number of nitrogens with two attached hydrogens (primary N) is 1. The minimum Gasteiger partial charge on any atom is -0.508 e. The number of hydrogen-bond acceptors (Lipinski definition) is 10. The highest BCUT2D eigenvalue weighted by molar-refractivity contribution is 6.16. The summed E-state index contributed by atoms with van der Waals surface area (Å²) in [5, 5.41) is 48.8. The maximum atomic E-state index is 14.0. The average Bonchev–Trinajstić information content (AvgIpc) is 2.81. The van der Waals surface area contributed by atoms with E-state index in [2.05, 4.69) is 19.2 Å². The van der Waals surface area contributed by atoms with Crippen LogP contribution in [0.25, 0.3) is 0 Å². The quantitative estimate of drug-likeness (QED) is 0.258. The number of phenolic OH excluding ortho intramolecular Hbond substituents is 1. The summed E-state index contributed by atoms with van der Waals surface area (Å²) in [6.45, 7) is 5.12. The Morgan fingerprint density at radius 3 is 2.38 bits per heavy atom. The molecule has 6 atom stereocenters. The number of phenols is 1. The van der Waals surface area contributed by atoms with E-state index in [1.165, 1.54) is 0 Å². The van der Waals surface area contributed by atoms with E-state index in [9.17, 15) is 34.8 Å². The predicted octanol–water partition coefficient (Wildman–Crippen LogP) is 0.0972. The van der Waals surface area contributed by atoms with Crippen LogP contribution in [0.3, 0.4) is 0 Å². The number of amides is 1. The number of carbonyl (C=O) groups excluding carboxylic acids is 3. The maximum Gasteiger partial charge on any atom is 0.230 e. The van der Waals surface area contributed by atoms with Gasteiger partial charge in [-0.3, -0.25) is 14.4 Å². The molecule has 0 spiro atoms. The van der Waals surface area contributed by atoms with Crippen molar-refractivity contribution < 1.29 is 34.8 Å². The van der Waals surface area contributed by atoms with Crippen LogP contribution in [0.2, 0.25) is 0 Å². The van der Waals surface area contributed by atoms with Gasteiger partial charge in [-0.15, -0.1) is 0 Å². The van der Waals surface area contributed by atoms with Gasteiger partial charge in [-0.1, -0.05) is 13.8 Å². The molecular weight excluding hydrogens is 504 g/mol. The molecule has 0 heterocycles. The van der Waals surface area contributed by atoms with Gasteiger partial charge >= 0.3 is 0 Å². The molecule has 0 aromatic heterocycles. The number of likely N-dealkylation sites (N-methyl/N-ethyl adjacent to an activating group) is 1. The number of primary amides is 1. The Kier molecular flexibility index (Phi) is 7.59. The number of aliphatic hydroxyl groups excluding tert-OH is 2. The Morgan fingerprint density at radius 1 is 1.21 bits per heavy atom. The number of allylic oxidation sites excluding steroid dienone is 1. The molecule has 0 saturated heterocycles. The fourth-order valence-corrected chi connectivity index (χ4v) is 6.74. The van der Waals surface area contributed by atoms with Gasteiger partial charge < -0.3 is 41.3 Å². The van der Waals surface area contributed by atoms with Gasteiger partial charge in [0.25, 0.3) is 0 Å². The van der Waals surface area contributed by atoms with Gasteiger partial charge in [0.2, 0.25) is 5.91 Å². The van der Waals surface area contributed by atoms with E-state index in [0.29, 0.717) is 30.1 Å². The fraction of sp³-hybridized carbons (Fsp3) is 0.607. The lowest BCUT2D eigenvalue weighted by atomic mass is 9.56. The molecule has 3 unspecified atom stereocenters. The number of Topliss-reactive ketones (excluding diaryl/α,β-unsaturated/α-hetero) is 2. The molecule has 11 heteroatoms. The van der Waals surface area contributed by atoms with Crippen LogP contribution >= 0.6 is 0 Å². The van der Waals surface area contributed by atoms with Crippen molar-refractivity contribution in [2.24, 2.45) is 29.4 Å². The number of benzene rings is 1. The van der Waals surface area contributed by atoms with Crippen LogP contribution in [0, 0.1) is 23.7 Å². The first-order valence-electron chi connectivity index (χ1n) is 13.3. The van der Waals surface area contributed by atoms with E-state index in [1.54, 1.807) is 19.0 Å². The topological polar surface area (TPSA) is 177 Å². The van der Waals surface area contributed by atoms with Crippen molar-refractivity contribution in [2.45, 2.75) is 51.0 Å². The summed E-state index contributed by atoms with van der Waals surface area (Å²) in [6, 6.07) is 0.942. The zero-order chi connectivity index (χ0) is 29.1. The summed E-state index contributed by atoms with van der Waals surface area (Å²) in [5.74, 6) is -6.96. The van der Waals surface area contributed by atoms with Gasteiger partial charge in [-0.25, -0.2) is 0 Å². The molecule has 3 aliphatic rings. The normalized spacial score (nSPS) is 30.4. The first-order valence-corrected chi connectivity index (χ1v) is 13.3. The summed E-state index contributed by atoms with van der Waals surface area (Å²) in [6.07, 6.45) is -1.15. The molecule has 214 valence electrons. The number of fused-ring (bicyclic) bond motifs is 3. The molecule has 1 fully saturated rings. The fourth-order valence-electron chi connectivity index (χ4n) is 6.74. The number of carbonyl (C=O) groups is 3. The third-order valence-corrected chi connectivity index (χ3v) is 8.50. The standard InChI is InChI=1S/C28H40N4O7/c1-12(2)10-30-11-14-9-17(31(3)4)15-7-13-8-16-21(32(5)6)24(35)20(27(29)38)26(37)28(16,39)25(36)18(13)23(34)19(15)22(14)33/h9,12-13,16,20-21,24,30,33,35-36,39H,7-8,10-11H2,1-6H3,(H2,29,38)/t13-,16-,20?,21?,24?,28-/m0/s1. The van der Waals surface area contributed by atoms with E-state index < -0.39 is 58.7 Å². The molecule has 1 saturated carbocycles. The van der Waals surface area contributed by atoms with Crippen molar-refractivity contribution in [1.29, 1.82) is 0 Å². The Morgan fingerprint density at radius 2 is 1.85 bits per heavy atom. The second-order valence-corrected chi connectivity index (χ2v) is 12.0. The molecule has 0 aliphatic heterocycles. The van der Waals surface area contributed by atoms with E-state index in [-0.39, 0.29) is 29.7 Å². The van der Waals surface area contributed by atoms with Crippen molar-refractivity contribution in [3.05, 3.63) is 34.1 Å². The number of nitrogens with zero attached hydrogens (tertiary/aromatic N) is 2. The number of ketones is 2. The van der Waals surface area contributed by atoms with Crippen molar-refractivity contribution in [2.75, 3.05) is 39.6 Å². The highest BCUT2D eigenvalue weighted by Crippen LogP contribution is 2.53. The second kappa shape index (κ2) is 10.2. The minimum atomic E-state index is -2.59. The van der Waals surface area contributed by atoms with Gasteiger partial charge in [-0.2, -0.15) is 0 Å². The minimum absolute atomic E-state index is 0.0290. The second-order valence-electron chi connectivity index (χ2n) is 12.0. The first-order chi connectivity index (χ1) is 18.1. The molecule has 0 bridgehead atoms. The largest absolute Gasteiger partial charge is 0.508 e. The Hall–Kier alpha value is -2.99. The SMILES string of the molecule is CC(C)CNCc1cc(N(C)C)c2c(c1O)C(=O)C1=C(O)[C@]3(O)C(=O)C(C(N)=O)C(O)C(N(C)C)[C@@H]3C[C@@H]1C2. The highest BCUT2D eigenvalue weighted by atomic mass is 16.3. The van der Waals surface area contributed by atoms with Crippen molar-refractivity contribution in [3.8, 4) is 5.75 Å². The van der Waals surface area contributed by atoms with Crippen LogP contribution < -0.4 is 16.0 Å². The molecule has 1 aromatic rings. The summed E-state index contributed by atoms with van der Waals surface area (Å²) >= 11 is 0. The number of aromatic hydroxyl groups is 1. The first kappa shape index (κ1) is 29.0. The number of anilines is 1. The monoisotopic (exact) mass is 544 g/mol. The third kappa shape index (κ3) is 4.41.